The van der Waals surface area contributed by atoms with Gasteiger partial charge in [0.2, 0.25) is 0 Å². The van der Waals surface area contributed by atoms with E-state index in [9.17, 15) is 4.79 Å². The number of nitrogens with zero attached hydrogens (tertiary/aromatic N) is 3. The molecule has 0 aliphatic heterocycles. The first-order valence-electron chi connectivity index (χ1n) is 8.13. The Morgan fingerprint density at radius 1 is 1.15 bits per heavy atom. The molecule has 26 heavy (non-hydrogen) atoms. The summed E-state index contributed by atoms with van der Waals surface area (Å²) in [5.74, 6) is 0.624. The van der Waals surface area contributed by atoms with Crippen LogP contribution >= 0.6 is 22.7 Å². The van der Waals surface area contributed by atoms with Gasteiger partial charge in [0.05, 0.1) is 10.6 Å². The minimum atomic E-state index is -0.149. The minimum absolute atomic E-state index is 0.149. The fourth-order valence-electron chi connectivity index (χ4n) is 2.91. The van der Waals surface area contributed by atoms with Gasteiger partial charge in [0.25, 0.3) is 5.91 Å². The van der Waals surface area contributed by atoms with Gasteiger partial charge >= 0.3 is 0 Å². The highest BCUT2D eigenvalue weighted by Gasteiger charge is 2.19. The predicted molar refractivity (Wildman–Crippen MR) is 106 cm³/mol. The summed E-state index contributed by atoms with van der Waals surface area (Å²) in [6, 6.07) is 10.1. The van der Waals surface area contributed by atoms with Gasteiger partial charge < -0.3 is 0 Å². The number of carbonyl (C=O) groups is 1. The van der Waals surface area contributed by atoms with Crippen molar-refractivity contribution in [3.05, 3.63) is 69.4 Å². The summed E-state index contributed by atoms with van der Waals surface area (Å²) in [5, 5.41) is 6.24. The van der Waals surface area contributed by atoms with Gasteiger partial charge in [0, 0.05) is 23.4 Å². The molecule has 0 saturated heterocycles. The molecule has 0 bridgehead atoms. The Labute approximate surface area is 158 Å². The van der Waals surface area contributed by atoms with E-state index < -0.39 is 0 Å². The molecular formula is C19H16N4OS2. The van der Waals surface area contributed by atoms with E-state index in [1.54, 1.807) is 6.20 Å². The lowest BCUT2D eigenvalue weighted by atomic mass is 10.1. The third-order valence-corrected chi connectivity index (χ3v) is 5.95. The fraction of sp³-hybridized carbons (Fsp3) is 0.158. The Balaban J connectivity index is 1.69. The third-order valence-electron chi connectivity index (χ3n) is 4.08. The molecule has 3 aromatic heterocycles. The highest BCUT2D eigenvalue weighted by molar-refractivity contribution is 7.21. The lowest BCUT2D eigenvalue weighted by Crippen LogP contribution is -2.11. The first-order valence-corrected chi connectivity index (χ1v) is 9.83. The topological polar surface area (TPSA) is 67.8 Å². The van der Waals surface area contributed by atoms with Crippen molar-refractivity contribution in [3.63, 3.8) is 0 Å². The van der Waals surface area contributed by atoms with Crippen molar-refractivity contribution < 1.29 is 4.79 Å². The predicted octanol–water partition coefficient (Wildman–Crippen LogP) is 4.61. The molecule has 0 fully saturated rings. The molecule has 1 aromatic carbocycles. The molecule has 130 valence electrons. The molecule has 0 radical (unpaired) electrons. The van der Waals surface area contributed by atoms with E-state index in [0.29, 0.717) is 16.4 Å². The van der Waals surface area contributed by atoms with E-state index >= 15 is 0 Å². The number of hydrogen-bond donors (Lipinski definition) is 1. The van der Waals surface area contributed by atoms with E-state index in [4.69, 9.17) is 4.98 Å². The third kappa shape index (κ3) is 3.23. The van der Waals surface area contributed by atoms with Gasteiger partial charge in [-0.3, -0.25) is 10.1 Å². The fourth-order valence-corrected chi connectivity index (χ4v) is 4.58. The van der Waals surface area contributed by atoms with Gasteiger partial charge in [-0.05, 0) is 25.0 Å². The second-order valence-electron chi connectivity index (χ2n) is 5.92. The monoisotopic (exact) mass is 380 g/mol. The first-order chi connectivity index (χ1) is 12.6. The van der Waals surface area contributed by atoms with Gasteiger partial charge in [-0.15, -0.1) is 22.7 Å². The van der Waals surface area contributed by atoms with E-state index in [1.165, 1.54) is 28.2 Å². The number of carbonyl (C=O) groups excluding carboxylic acids is 1. The van der Waals surface area contributed by atoms with Crippen LogP contribution in [-0.2, 0) is 6.42 Å². The highest BCUT2D eigenvalue weighted by Crippen LogP contribution is 2.32. The highest BCUT2D eigenvalue weighted by atomic mass is 32.1. The van der Waals surface area contributed by atoms with Gasteiger partial charge in [0.15, 0.2) is 5.13 Å². The summed E-state index contributed by atoms with van der Waals surface area (Å²) in [7, 11) is 0. The molecule has 0 unspecified atom stereocenters. The van der Waals surface area contributed by atoms with Crippen LogP contribution in [0.4, 0.5) is 5.13 Å². The molecule has 5 nitrogen and oxygen atoms in total. The number of aromatic nitrogens is 3. The Bertz CT molecular complexity index is 1070. The number of thiophene rings is 1. The number of nitrogens with one attached hydrogen (secondary N) is 1. The molecule has 0 aliphatic carbocycles. The van der Waals surface area contributed by atoms with E-state index in [0.717, 1.165) is 27.3 Å². The van der Waals surface area contributed by atoms with E-state index in [2.05, 4.69) is 27.4 Å². The second-order valence-corrected chi connectivity index (χ2v) is 7.81. The largest absolute Gasteiger partial charge is 0.297 e. The van der Waals surface area contributed by atoms with Crippen LogP contribution in [0.5, 0.6) is 0 Å². The molecule has 1 amide bonds. The van der Waals surface area contributed by atoms with Crippen molar-refractivity contribution in [1.82, 2.24) is 15.0 Å². The Kier molecular flexibility index (Phi) is 4.48. The van der Waals surface area contributed by atoms with Crippen molar-refractivity contribution in [2.75, 3.05) is 5.32 Å². The summed E-state index contributed by atoms with van der Waals surface area (Å²) in [6.07, 6.45) is 2.35. The van der Waals surface area contributed by atoms with Gasteiger partial charge in [-0.1, -0.05) is 30.3 Å². The zero-order chi connectivity index (χ0) is 18.1. The normalized spacial score (nSPS) is 11.0. The van der Waals surface area contributed by atoms with Crippen molar-refractivity contribution in [2.24, 2.45) is 0 Å². The number of anilines is 1. The number of benzene rings is 1. The molecule has 4 rings (SSSR count). The van der Waals surface area contributed by atoms with Crippen LogP contribution in [0.1, 0.15) is 32.3 Å². The summed E-state index contributed by atoms with van der Waals surface area (Å²) in [6.45, 7) is 3.92. The molecule has 7 heteroatoms. The second kappa shape index (κ2) is 6.93. The number of thiazole rings is 1. The average molecular weight is 380 g/mol. The smallest absolute Gasteiger partial charge is 0.267 e. The van der Waals surface area contributed by atoms with Gasteiger partial charge in [-0.2, -0.15) is 0 Å². The quantitative estimate of drug-likeness (QED) is 0.561. The van der Waals surface area contributed by atoms with Crippen molar-refractivity contribution in [3.8, 4) is 0 Å². The molecule has 3 heterocycles. The van der Waals surface area contributed by atoms with Crippen LogP contribution in [-0.4, -0.2) is 20.9 Å². The van der Waals surface area contributed by atoms with E-state index in [-0.39, 0.29) is 5.91 Å². The van der Waals surface area contributed by atoms with Crippen LogP contribution in [0.15, 0.2) is 41.9 Å². The maximum Gasteiger partial charge on any atom is 0.267 e. The summed E-state index contributed by atoms with van der Waals surface area (Å²) in [5.41, 5.74) is 2.99. The van der Waals surface area contributed by atoms with Crippen LogP contribution < -0.4 is 5.32 Å². The van der Waals surface area contributed by atoms with Gasteiger partial charge in [0.1, 0.15) is 10.7 Å². The number of amides is 1. The van der Waals surface area contributed by atoms with Gasteiger partial charge in [-0.25, -0.2) is 15.0 Å². The average Bonchev–Trinajstić information content (AvgIpc) is 3.24. The summed E-state index contributed by atoms with van der Waals surface area (Å²) in [4.78, 5) is 27.6. The minimum Gasteiger partial charge on any atom is -0.297 e. The lowest BCUT2D eigenvalue weighted by molar-refractivity contribution is 0.103. The Hall–Kier alpha value is -2.64. The molecular weight excluding hydrogens is 364 g/mol. The van der Waals surface area contributed by atoms with Crippen molar-refractivity contribution >= 4 is 43.9 Å². The Morgan fingerprint density at radius 3 is 2.69 bits per heavy atom. The molecule has 0 spiro atoms. The number of rotatable bonds is 4. The van der Waals surface area contributed by atoms with Crippen molar-refractivity contribution in [2.45, 2.75) is 20.3 Å². The van der Waals surface area contributed by atoms with E-state index in [1.807, 2.05) is 37.4 Å². The maximum atomic E-state index is 12.6. The number of aryl methyl sites for hydroxylation is 2. The van der Waals surface area contributed by atoms with Crippen LogP contribution in [0.3, 0.4) is 0 Å². The molecule has 1 N–H and O–H groups in total. The zero-order valence-corrected chi connectivity index (χ0v) is 15.9. The number of fused-ring (bicyclic) bond motifs is 1. The standard InChI is InChI=1S/C19H16N4OS2/c1-11-15-12(2)21-14(10-13-6-4-3-5-7-13)22-18(15)26-16(11)17(24)23-19-20-8-9-25-19/h3-9H,10H2,1-2H3,(H,20,23,24). The maximum absolute atomic E-state index is 12.6. The summed E-state index contributed by atoms with van der Waals surface area (Å²) < 4.78 is 0. The first kappa shape index (κ1) is 16.8. The SMILES string of the molecule is Cc1nc(Cc2ccccc2)nc2sc(C(=O)Nc3nccs3)c(C)c12. The van der Waals surface area contributed by atoms with Crippen molar-refractivity contribution in [1.29, 1.82) is 0 Å². The lowest BCUT2D eigenvalue weighted by Gasteiger charge is -2.04. The molecule has 4 aromatic rings. The zero-order valence-electron chi connectivity index (χ0n) is 14.3. The molecule has 0 aliphatic rings. The Morgan fingerprint density at radius 2 is 1.96 bits per heavy atom. The van der Waals surface area contributed by atoms with Crippen LogP contribution in [0.25, 0.3) is 10.2 Å². The summed E-state index contributed by atoms with van der Waals surface area (Å²) >= 11 is 2.81. The molecule has 0 saturated carbocycles. The van der Waals surface area contributed by atoms with Crippen LogP contribution in [0, 0.1) is 13.8 Å². The molecule has 0 atom stereocenters. The van der Waals surface area contributed by atoms with Crippen LogP contribution in [0.2, 0.25) is 0 Å². The number of hydrogen-bond acceptors (Lipinski definition) is 6.